The fourth-order valence-corrected chi connectivity index (χ4v) is 3.21. The van der Waals surface area contributed by atoms with Gasteiger partial charge in [-0.25, -0.2) is 0 Å². The average Bonchev–Trinajstić information content (AvgIpc) is 3.22. The molecule has 4 N–H and O–H groups in total. The summed E-state index contributed by atoms with van der Waals surface area (Å²) in [6.45, 7) is 3.88. The van der Waals surface area contributed by atoms with Crippen LogP contribution in [0.3, 0.4) is 0 Å². The van der Waals surface area contributed by atoms with Gasteiger partial charge < -0.3 is 30.6 Å². The van der Waals surface area contributed by atoms with Crippen LogP contribution in [0.5, 0.6) is 0 Å². The molecule has 1 heterocycles. The van der Waals surface area contributed by atoms with E-state index in [1.807, 2.05) is 30.3 Å². The van der Waals surface area contributed by atoms with Gasteiger partial charge in [0.25, 0.3) is 11.9 Å². The molecule has 2 aromatic carbocycles. The Morgan fingerprint density at radius 1 is 1.16 bits per heavy atom. The maximum atomic E-state index is 12.4. The van der Waals surface area contributed by atoms with Crippen LogP contribution in [0.15, 0.2) is 54.6 Å². The number of rotatable bonds is 9. The van der Waals surface area contributed by atoms with E-state index in [0.717, 1.165) is 22.4 Å². The van der Waals surface area contributed by atoms with Crippen LogP contribution in [-0.4, -0.2) is 55.8 Å². The van der Waals surface area contributed by atoms with E-state index in [9.17, 15) is 14.7 Å². The van der Waals surface area contributed by atoms with Crippen molar-refractivity contribution in [1.82, 2.24) is 5.32 Å². The van der Waals surface area contributed by atoms with Crippen molar-refractivity contribution < 1.29 is 24.2 Å². The molecule has 0 bridgehead atoms. The van der Waals surface area contributed by atoms with E-state index in [0.29, 0.717) is 5.56 Å². The van der Waals surface area contributed by atoms with Crippen molar-refractivity contribution in [3.05, 3.63) is 65.7 Å². The fraction of sp³-hybridized carbons (Fsp3) is 0.261. The number of benzene rings is 2. The standard InChI is InChI=1S/C23H25N3O5/c1-15(12-23(29)30-9-10-31-23)21(27)14-26-22(28)17-5-3-16(4-6-17)18-7-8-20(25-2)19(11-18)13-24/h3-8,11,13,24-25,29H,1,9-10,12,14H2,2H3,(H,26,28). The van der Waals surface area contributed by atoms with E-state index < -0.39 is 17.7 Å². The predicted molar refractivity (Wildman–Crippen MR) is 117 cm³/mol. The van der Waals surface area contributed by atoms with E-state index in [-0.39, 0.29) is 31.8 Å². The summed E-state index contributed by atoms with van der Waals surface area (Å²) in [7, 11) is 1.80. The van der Waals surface area contributed by atoms with Gasteiger partial charge in [-0.3, -0.25) is 9.59 Å². The molecule has 0 radical (unpaired) electrons. The van der Waals surface area contributed by atoms with Crippen LogP contribution in [0, 0.1) is 5.41 Å². The molecule has 8 heteroatoms. The second-order valence-corrected chi connectivity index (χ2v) is 7.07. The summed E-state index contributed by atoms with van der Waals surface area (Å²) in [6.07, 6.45) is 1.10. The summed E-state index contributed by atoms with van der Waals surface area (Å²) >= 11 is 0. The lowest BCUT2D eigenvalue weighted by Crippen LogP contribution is -2.34. The van der Waals surface area contributed by atoms with Gasteiger partial charge in [0.15, 0.2) is 5.78 Å². The predicted octanol–water partition coefficient (Wildman–Crippen LogP) is 2.33. The van der Waals surface area contributed by atoms with Crippen molar-refractivity contribution in [3.8, 4) is 11.1 Å². The third kappa shape index (κ3) is 5.43. The first kappa shape index (κ1) is 22.4. The second kappa shape index (κ2) is 9.65. The van der Waals surface area contributed by atoms with E-state index in [2.05, 4.69) is 17.2 Å². The van der Waals surface area contributed by atoms with Crippen LogP contribution in [0.1, 0.15) is 22.3 Å². The van der Waals surface area contributed by atoms with Gasteiger partial charge in [0, 0.05) is 30.1 Å². The quantitative estimate of drug-likeness (QED) is 0.363. The smallest absolute Gasteiger partial charge is 0.284 e. The molecule has 162 valence electrons. The summed E-state index contributed by atoms with van der Waals surface area (Å²) < 4.78 is 10.1. The molecule has 0 atom stereocenters. The molecule has 1 saturated heterocycles. The monoisotopic (exact) mass is 423 g/mol. The van der Waals surface area contributed by atoms with Crippen molar-refractivity contribution in [3.63, 3.8) is 0 Å². The van der Waals surface area contributed by atoms with Gasteiger partial charge in [-0.1, -0.05) is 24.8 Å². The van der Waals surface area contributed by atoms with E-state index >= 15 is 0 Å². The summed E-state index contributed by atoms with van der Waals surface area (Å²) in [5.41, 5.74) is 3.95. The van der Waals surface area contributed by atoms with Gasteiger partial charge >= 0.3 is 0 Å². The number of amides is 1. The molecule has 0 spiro atoms. The highest BCUT2D eigenvalue weighted by molar-refractivity contribution is 6.01. The third-order valence-corrected chi connectivity index (χ3v) is 4.94. The number of anilines is 1. The normalized spacial score (nSPS) is 14.6. The molecule has 0 aliphatic carbocycles. The molecule has 0 aromatic heterocycles. The van der Waals surface area contributed by atoms with Crippen LogP contribution < -0.4 is 10.6 Å². The van der Waals surface area contributed by atoms with E-state index in [1.54, 1.807) is 19.2 Å². The molecule has 2 aromatic rings. The Balaban J connectivity index is 1.58. The van der Waals surface area contributed by atoms with Crippen molar-refractivity contribution in [2.75, 3.05) is 32.1 Å². The highest BCUT2D eigenvalue weighted by Gasteiger charge is 2.35. The summed E-state index contributed by atoms with van der Waals surface area (Å²) in [5.74, 6) is -2.64. The lowest BCUT2D eigenvalue weighted by atomic mass is 10.0. The maximum Gasteiger partial charge on any atom is 0.284 e. The van der Waals surface area contributed by atoms with Gasteiger partial charge in [-0.15, -0.1) is 0 Å². The fourth-order valence-electron chi connectivity index (χ4n) is 3.21. The minimum absolute atomic E-state index is 0.104. The van der Waals surface area contributed by atoms with Crippen LogP contribution >= 0.6 is 0 Å². The first-order valence-electron chi connectivity index (χ1n) is 9.77. The molecule has 0 unspecified atom stereocenters. The number of nitrogens with one attached hydrogen (secondary N) is 3. The number of ether oxygens (including phenoxy) is 2. The molecule has 0 saturated carbocycles. The molecular formula is C23H25N3O5. The van der Waals surface area contributed by atoms with Crippen molar-refractivity contribution in [2.45, 2.75) is 12.4 Å². The SMILES string of the molecule is C=C(CC1(O)OCCO1)C(=O)CNC(=O)c1ccc(-c2ccc(NC)c(C=N)c2)cc1. The number of ketones is 1. The van der Waals surface area contributed by atoms with Crippen molar-refractivity contribution in [2.24, 2.45) is 0 Å². The summed E-state index contributed by atoms with van der Waals surface area (Å²) in [5, 5.41) is 23.1. The Kier molecular flexibility index (Phi) is 6.96. The number of Topliss-reactive ketones (excluding diaryl/α,β-unsaturated/α-hetero) is 1. The highest BCUT2D eigenvalue weighted by Crippen LogP contribution is 2.25. The van der Waals surface area contributed by atoms with Gasteiger partial charge in [-0.2, -0.15) is 0 Å². The van der Waals surface area contributed by atoms with Crippen LogP contribution in [0.4, 0.5) is 5.69 Å². The zero-order chi connectivity index (χ0) is 22.4. The zero-order valence-corrected chi connectivity index (χ0v) is 17.2. The summed E-state index contributed by atoms with van der Waals surface area (Å²) in [4.78, 5) is 24.6. The van der Waals surface area contributed by atoms with Gasteiger partial charge in [0.05, 0.1) is 26.2 Å². The number of hydrogen-bond acceptors (Lipinski definition) is 7. The Hall–Kier alpha value is -3.33. The minimum atomic E-state index is -1.82. The van der Waals surface area contributed by atoms with Crippen molar-refractivity contribution in [1.29, 1.82) is 5.41 Å². The Morgan fingerprint density at radius 3 is 2.42 bits per heavy atom. The first-order chi connectivity index (χ1) is 14.8. The van der Waals surface area contributed by atoms with Crippen LogP contribution in [0.25, 0.3) is 11.1 Å². The maximum absolute atomic E-state index is 12.4. The molecule has 8 nitrogen and oxygen atoms in total. The van der Waals surface area contributed by atoms with Crippen molar-refractivity contribution >= 4 is 23.6 Å². The van der Waals surface area contributed by atoms with Gasteiger partial charge in [0.1, 0.15) is 0 Å². The highest BCUT2D eigenvalue weighted by atomic mass is 16.8. The average molecular weight is 423 g/mol. The topological polar surface area (TPSA) is 121 Å². The molecule has 31 heavy (non-hydrogen) atoms. The lowest BCUT2D eigenvalue weighted by molar-refractivity contribution is -0.303. The summed E-state index contributed by atoms with van der Waals surface area (Å²) in [6, 6.07) is 12.7. The molecule has 3 rings (SSSR count). The number of aliphatic hydroxyl groups is 1. The minimum Gasteiger partial charge on any atom is -0.388 e. The first-order valence-corrected chi connectivity index (χ1v) is 9.77. The van der Waals surface area contributed by atoms with E-state index in [4.69, 9.17) is 14.9 Å². The Labute approximate surface area is 180 Å². The lowest BCUT2D eigenvalue weighted by Gasteiger charge is -2.20. The molecule has 1 amide bonds. The molecular weight excluding hydrogens is 398 g/mol. The zero-order valence-electron chi connectivity index (χ0n) is 17.2. The molecule has 1 aliphatic rings. The molecule has 1 aliphatic heterocycles. The van der Waals surface area contributed by atoms with E-state index in [1.165, 1.54) is 6.21 Å². The third-order valence-electron chi connectivity index (χ3n) is 4.94. The van der Waals surface area contributed by atoms with Gasteiger partial charge in [0.2, 0.25) is 0 Å². The van der Waals surface area contributed by atoms with Crippen LogP contribution in [0.2, 0.25) is 0 Å². The molecule has 1 fully saturated rings. The number of carbonyl (C=O) groups is 2. The Morgan fingerprint density at radius 2 is 1.81 bits per heavy atom. The number of carbonyl (C=O) groups excluding carboxylic acids is 2. The number of hydrogen-bond donors (Lipinski definition) is 4. The Bertz CT molecular complexity index is 995. The largest absolute Gasteiger partial charge is 0.388 e. The second-order valence-electron chi connectivity index (χ2n) is 7.07. The van der Waals surface area contributed by atoms with Crippen LogP contribution in [-0.2, 0) is 14.3 Å². The van der Waals surface area contributed by atoms with Gasteiger partial charge in [-0.05, 0) is 41.0 Å².